The van der Waals surface area contributed by atoms with Crippen LogP contribution in [0.25, 0.3) is 0 Å². The fourth-order valence-electron chi connectivity index (χ4n) is 3.11. The first kappa shape index (κ1) is 8.48. The van der Waals surface area contributed by atoms with Gasteiger partial charge in [-0.2, -0.15) is 0 Å². The van der Waals surface area contributed by atoms with Gasteiger partial charge in [0.1, 0.15) is 0 Å². The molecule has 0 radical (unpaired) electrons. The molecule has 3 aliphatic rings. The maximum absolute atomic E-state index is 11.6. The summed E-state index contributed by atoms with van der Waals surface area (Å²) in [5.74, 6) is 1.35. The van der Waals surface area contributed by atoms with Gasteiger partial charge in [0.05, 0.1) is 25.7 Å². The fraction of sp³-hybridized carbons (Fsp3) is 0.727. The predicted octanol–water partition coefficient (Wildman–Crippen LogP) is 0.996. The lowest BCUT2D eigenvalue weighted by Gasteiger charge is -2.24. The molecule has 3 rings (SSSR count). The van der Waals surface area contributed by atoms with Crippen LogP contribution in [0, 0.1) is 23.7 Å². The zero-order valence-electron chi connectivity index (χ0n) is 8.18. The third-order valence-corrected chi connectivity index (χ3v) is 3.78. The monoisotopic (exact) mass is 194 g/mol. The van der Waals surface area contributed by atoms with Crippen LogP contribution < -0.4 is 0 Å². The quantitative estimate of drug-likeness (QED) is 0.374. The first-order valence-corrected chi connectivity index (χ1v) is 5.19. The van der Waals surface area contributed by atoms with Gasteiger partial charge >= 0.3 is 5.97 Å². The molecule has 1 saturated carbocycles. The molecule has 1 heterocycles. The van der Waals surface area contributed by atoms with Gasteiger partial charge < -0.3 is 9.47 Å². The van der Waals surface area contributed by atoms with Gasteiger partial charge in [0.2, 0.25) is 0 Å². The number of hydrogen-bond acceptors (Lipinski definition) is 3. The zero-order valence-corrected chi connectivity index (χ0v) is 8.18. The molecular formula is C11H14O3. The Bertz CT molecular complexity index is 293. The van der Waals surface area contributed by atoms with E-state index in [0.29, 0.717) is 23.9 Å². The minimum Gasteiger partial charge on any atom is -0.469 e. The van der Waals surface area contributed by atoms with Crippen LogP contribution in [0.4, 0.5) is 0 Å². The van der Waals surface area contributed by atoms with Crippen molar-refractivity contribution in [3.63, 3.8) is 0 Å². The van der Waals surface area contributed by atoms with E-state index in [4.69, 9.17) is 9.47 Å². The Kier molecular flexibility index (Phi) is 1.71. The number of epoxide rings is 1. The van der Waals surface area contributed by atoms with Crippen molar-refractivity contribution in [2.75, 3.05) is 13.7 Å². The third-order valence-electron chi connectivity index (χ3n) is 3.78. The van der Waals surface area contributed by atoms with Crippen molar-refractivity contribution < 1.29 is 14.3 Å². The minimum absolute atomic E-state index is 0.0534. The number of ether oxygens (including phenoxy) is 2. The van der Waals surface area contributed by atoms with Gasteiger partial charge in [-0.15, -0.1) is 0 Å². The van der Waals surface area contributed by atoms with E-state index in [1.165, 1.54) is 7.11 Å². The van der Waals surface area contributed by atoms with E-state index < -0.39 is 0 Å². The van der Waals surface area contributed by atoms with Crippen molar-refractivity contribution in [3.8, 4) is 0 Å². The molecule has 0 amide bonds. The SMILES string of the molecule is COC(=O)[C@H]1[C@@H]([C@H]2CO2)[C@H]2C=C[C@@H]1C2. The first-order chi connectivity index (χ1) is 6.81. The van der Waals surface area contributed by atoms with Gasteiger partial charge in [0.25, 0.3) is 0 Å². The second-order valence-electron chi connectivity index (χ2n) is 4.45. The second-order valence-corrected chi connectivity index (χ2v) is 4.45. The summed E-state index contributed by atoms with van der Waals surface area (Å²) < 4.78 is 10.2. The van der Waals surface area contributed by atoms with Crippen LogP contribution in [-0.2, 0) is 14.3 Å². The average molecular weight is 194 g/mol. The molecule has 14 heavy (non-hydrogen) atoms. The Labute approximate surface area is 83.1 Å². The van der Waals surface area contributed by atoms with Crippen LogP contribution in [0.1, 0.15) is 6.42 Å². The number of allylic oxidation sites excluding steroid dienone is 2. The smallest absolute Gasteiger partial charge is 0.309 e. The first-order valence-electron chi connectivity index (χ1n) is 5.19. The van der Waals surface area contributed by atoms with E-state index in [-0.39, 0.29) is 11.9 Å². The molecule has 3 heteroatoms. The number of methoxy groups -OCH3 is 1. The Morgan fingerprint density at radius 1 is 1.43 bits per heavy atom. The van der Waals surface area contributed by atoms with Gasteiger partial charge in [-0.1, -0.05) is 12.2 Å². The summed E-state index contributed by atoms with van der Waals surface area (Å²) in [6.45, 7) is 0.829. The van der Waals surface area contributed by atoms with Gasteiger partial charge in [0.15, 0.2) is 0 Å². The Hall–Kier alpha value is -0.830. The average Bonchev–Trinajstić information content (AvgIpc) is 2.85. The minimum atomic E-state index is -0.0534. The maximum atomic E-state index is 11.6. The highest BCUT2D eigenvalue weighted by atomic mass is 16.6. The van der Waals surface area contributed by atoms with Crippen molar-refractivity contribution in [1.82, 2.24) is 0 Å². The van der Waals surface area contributed by atoms with E-state index in [9.17, 15) is 4.79 Å². The molecule has 1 saturated heterocycles. The highest BCUT2D eigenvalue weighted by Crippen LogP contribution is 2.52. The van der Waals surface area contributed by atoms with Crippen LogP contribution in [0.5, 0.6) is 0 Å². The standard InChI is InChI=1S/C11H14O3/c1-13-11(12)10-7-3-2-6(4-7)9(10)8-5-14-8/h2-3,6-10H,4-5H2,1H3/t6-,7+,8+,9+,10+/m0/s1. The van der Waals surface area contributed by atoms with E-state index in [0.717, 1.165) is 13.0 Å². The van der Waals surface area contributed by atoms with Crippen LogP contribution >= 0.6 is 0 Å². The van der Waals surface area contributed by atoms with Crippen LogP contribution in [-0.4, -0.2) is 25.8 Å². The van der Waals surface area contributed by atoms with Crippen LogP contribution in [0.2, 0.25) is 0 Å². The third kappa shape index (κ3) is 1.05. The number of carbonyl (C=O) groups excluding carboxylic acids is 1. The van der Waals surface area contributed by atoms with Gasteiger partial charge in [0, 0.05) is 5.92 Å². The molecule has 5 atom stereocenters. The summed E-state index contributed by atoms with van der Waals surface area (Å²) in [7, 11) is 1.48. The highest BCUT2D eigenvalue weighted by Gasteiger charge is 2.54. The lowest BCUT2D eigenvalue weighted by Crippen LogP contribution is -2.31. The maximum Gasteiger partial charge on any atom is 0.309 e. The van der Waals surface area contributed by atoms with Gasteiger partial charge in [-0.3, -0.25) is 4.79 Å². The molecule has 2 aliphatic carbocycles. The highest BCUT2D eigenvalue weighted by molar-refractivity contribution is 5.74. The molecule has 76 valence electrons. The molecule has 0 aromatic rings. The van der Waals surface area contributed by atoms with Crippen LogP contribution in [0.3, 0.4) is 0 Å². The van der Waals surface area contributed by atoms with Gasteiger partial charge in [-0.25, -0.2) is 0 Å². The van der Waals surface area contributed by atoms with Crippen molar-refractivity contribution in [1.29, 1.82) is 0 Å². The van der Waals surface area contributed by atoms with Crippen LogP contribution in [0.15, 0.2) is 12.2 Å². The summed E-state index contributed by atoms with van der Waals surface area (Å²) in [6.07, 6.45) is 5.85. The molecule has 3 nitrogen and oxygen atoms in total. The summed E-state index contributed by atoms with van der Waals surface area (Å²) in [6, 6.07) is 0. The normalized spacial score (nSPS) is 48.2. The summed E-state index contributed by atoms with van der Waals surface area (Å²) in [5.41, 5.74) is 0. The molecule has 2 fully saturated rings. The fourth-order valence-corrected chi connectivity index (χ4v) is 3.11. The lowest BCUT2D eigenvalue weighted by molar-refractivity contribution is -0.148. The van der Waals surface area contributed by atoms with Crippen molar-refractivity contribution in [2.24, 2.45) is 23.7 Å². The summed E-state index contributed by atoms with van der Waals surface area (Å²) in [5, 5.41) is 0. The molecule has 0 spiro atoms. The zero-order chi connectivity index (χ0) is 9.71. The van der Waals surface area contributed by atoms with Crippen molar-refractivity contribution in [2.45, 2.75) is 12.5 Å². The Morgan fingerprint density at radius 2 is 2.14 bits per heavy atom. The van der Waals surface area contributed by atoms with E-state index in [2.05, 4.69) is 12.2 Å². The number of hydrogen-bond donors (Lipinski definition) is 0. The molecule has 0 unspecified atom stereocenters. The van der Waals surface area contributed by atoms with Crippen molar-refractivity contribution >= 4 is 5.97 Å². The number of fused-ring (bicyclic) bond motifs is 2. The Morgan fingerprint density at radius 3 is 2.79 bits per heavy atom. The second kappa shape index (κ2) is 2.83. The number of rotatable bonds is 2. The number of carbonyl (C=O) groups is 1. The van der Waals surface area contributed by atoms with Crippen molar-refractivity contribution in [3.05, 3.63) is 12.2 Å². The molecular weight excluding hydrogens is 180 g/mol. The van der Waals surface area contributed by atoms with E-state index in [1.54, 1.807) is 0 Å². The summed E-state index contributed by atoms with van der Waals surface area (Å²) in [4.78, 5) is 11.6. The number of esters is 1. The molecule has 2 bridgehead atoms. The molecule has 1 aliphatic heterocycles. The molecule has 0 N–H and O–H groups in total. The predicted molar refractivity (Wildman–Crippen MR) is 49.5 cm³/mol. The van der Waals surface area contributed by atoms with Gasteiger partial charge in [-0.05, 0) is 18.3 Å². The largest absolute Gasteiger partial charge is 0.469 e. The lowest BCUT2D eigenvalue weighted by atomic mass is 9.81. The van der Waals surface area contributed by atoms with E-state index in [1.807, 2.05) is 0 Å². The van der Waals surface area contributed by atoms with E-state index >= 15 is 0 Å². The summed E-state index contributed by atoms with van der Waals surface area (Å²) >= 11 is 0. The molecule has 0 aromatic heterocycles. The topological polar surface area (TPSA) is 38.8 Å². The molecule has 0 aromatic carbocycles. The Balaban J connectivity index is 1.86.